The highest BCUT2D eigenvalue weighted by molar-refractivity contribution is 5.97. The first kappa shape index (κ1) is 20.4. The topological polar surface area (TPSA) is 132 Å². The van der Waals surface area contributed by atoms with Crippen LogP contribution in [0.2, 0.25) is 0 Å². The maximum atomic E-state index is 12.2. The molecule has 28 heavy (non-hydrogen) atoms. The van der Waals surface area contributed by atoms with Gasteiger partial charge in [0.25, 0.3) is 5.91 Å². The molecule has 9 nitrogen and oxygen atoms in total. The first-order valence-electron chi connectivity index (χ1n) is 8.29. The predicted octanol–water partition coefficient (Wildman–Crippen LogP) is 3.05. The monoisotopic (exact) mass is 383 g/mol. The second-order valence-electron chi connectivity index (χ2n) is 5.60. The lowest BCUT2D eigenvalue weighted by atomic mass is 10.2. The predicted molar refractivity (Wildman–Crippen MR) is 98.9 cm³/mol. The Kier molecular flexibility index (Phi) is 6.65. The molecule has 0 unspecified atom stereocenters. The minimum atomic E-state index is -1.14. The minimum absolute atomic E-state index is 0.0376. The average molecular weight is 383 g/mol. The van der Waals surface area contributed by atoms with Crippen molar-refractivity contribution in [3.05, 3.63) is 63.7 Å². The number of nitrogens with zero attached hydrogens (tertiary/aromatic N) is 2. The highest BCUT2D eigenvalue weighted by Crippen LogP contribution is 2.28. The summed E-state index contributed by atoms with van der Waals surface area (Å²) >= 11 is 0. The van der Waals surface area contributed by atoms with Crippen molar-refractivity contribution in [3.63, 3.8) is 0 Å². The number of nitriles is 1. The fourth-order valence-corrected chi connectivity index (χ4v) is 2.22. The zero-order chi connectivity index (χ0) is 20.7. The van der Waals surface area contributed by atoms with Gasteiger partial charge in [-0.1, -0.05) is 0 Å². The van der Waals surface area contributed by atoms with Crippen LogP contribution in [0.1, 0.15) is 29.8 Å². The fraction of sp³-hybridized carbons (Fsp3) is 0.211. The Morgan fingerprint density at radius 3 is 2.50 bits per heavy atom. The fourth-order valence-electron chi connectivity index (χ4n) is 2.22. The summed E-state index contributed by atoms with van der Waals surface area (Å²) in [4.78, 5) is 34.9. The molecule has 0 radical (unpaired) electrons. The largest absolute Gasteiger partial charge is 0.487 e. The Balaban J connectivity index is 2.06. The maximum Gasteiger partial charge on any atom is 0.339 e. The normalized spacial score (nSPS) is 11.0. The number of carbonyl (C=O) groups is 2. The van der Waals surface area contributed by atoms with Gasteiger partial charge in [0, 0.05) is 11.8 Å². The van der Waals surface area contributed by atoms with Crippen molar-refractivity contribution in [3.8, 4) is 11.8 Å². The van der Waals surface area contributed by atoms with E-state index < -0.39 is 22.9 Å². The van der Waals surface area contributed by atoms with E-state index in [1.807, 2.05) is 6.07 Å². The molecule has 1 atom stereocenters. The lowest BCUT2D eigenvalue weighted by Gasteiger charge is -2.14. The third kappa shape index (κ3) is 5.04. The lowest BCUT2D eigenvalue weighted by Crippen LogP contribution is -2.30. The molecule has 0 aliphatic rings. The summed E-state index contributed by atoms with van der Waals surface area (Å²) < 4.78 is 10.2. The molecule has 144 valence electrons. The van der Waals surface area contributed by atoms with Gasteiger partial charge in [0.05, 0.1) is 28.7 Å². The van der Waals surface area contributed by atoms with Crippen molar-refractivity contribution in [2.24, 2.45) is 0 Å². The number of nitrogens with one attached hydrogen (secondary N) is 1. The van der Waals surface area contributed by atoms with Crippen LogP contribution < -0.4 is 10.1 Å². The van der Waals surface area contributed by atoms with Crippen molar-refractivity contribution >= 4 is 23.3 Å². The third-order valence-corrected chi connectivity index (χ3v) is 3.63. The van der Waals surface area contributed by atoms with E-state index in [-0.39, 0.29) is 23.6 Å². The molecule has 0 aliphatic carbocycles. The van der Waals surface area contributed by atoms with Gasteiger partial charge in [0.2, 0.25) is 0 Å². The van der Waals surface area contributed by atoms with Gasteiger partial charge in [-0.3, -0.25) is 14.9 Å². The summed E-state index contributed by atoms with van der Waals surface area (Å²) in [5, 5.41) is 22.5. The van der Waals surface area contributed by atoms with Crippen LogP contribution >= 0.6 is 0 Å². The van der Waals surface area contributed by atoms with Gasteiger partial charge in [-0.25, -0.2) is 4.79 Å². The smallest absolute Gasteiger partial charge is 0.339 e. The summed E-state index contributed by atoms with van der Waals surface area (Å²) in [6.45, 7) is 3.29. The summed E-state index contributed by atoms with van der Waals surface area (Å²) in [6, 6.07) is 11.8. The molecule has 2 aromatic carbocycles. The molecule has 0 saturated heterocycles. The number of carbonyl (C=O) groups excluding carboxylic acids is 2. The Bertz CT molecular complexity index is 934. The Hall–Kier alpha value is -3.93. The number of nitro groups is 1. The molecule has 2 aromatic rings. The molecule has 0 fully saturated rings. The molecular formula is C19H17N3O6. The second kappa shape index (κ2) is 9.14. The van der Waals surface area contributed by atoms with Gasteiger partial charge >= 0.3 is 11.7 Å². The van der Waals surface area contributed by atoms with Crippen LogP contribution in [-0.4, -0.2) is 29.5 Å². The van der Waals surface area contributed by atoms with Crippen LogP contribution in [-0.2, 0) is 9.53 Å². The average Bonchev–Trinajstić information content (AvgIpc) is 2.68. The van der Waals surface area contributed by atoms with Crippen molar-refractivity contribution in [1.29, 1.82) is 5.26 Å². The van der Waals surface area contributed by atoms with Crippen LogP contribution in [0.25, 0.3) is 0 Å². The highest BCUT2D eigenvalue weighted by Gasteiger charge is 2.23. The molecule has 0 heterocycles. The number of hydrogen-bond acceptors (Lipinski definition) is 7. The standard InChI is InChI=1S/C19H17N3O6/c1-3-27-17-9-6-14(10-16(17)22(25)26)19(24)28-12(2)18(23)21-15-7-4-13(11-20)5-8-15/h4-10,12H,3H2,1-2H3,(H,21,23)/t12-/m0/s1. The van der Waals surface area contributed by atoms with E-state index in [2.05, 4.69) is 5.32 Å². The Morgan fingerprint density at radius 1 is 1.25 bits per heavy atom. The van der Waals surface area contributed by atoms with Gasteiger partial charge < -0.3 is 14.8 Å². The first-order chi connectivity index (χ1) is 13.3. The van der Waals surface area contributed by atoms with Crippen LogP contribution in [0.3, 0.4) is 0 Å². The van der Waals surface area contributed by atoms with Gasteiger partial charge in [-0.05, 0) is 50.2 Å². The second-order valence-corrected chi connectivity index (χ2v) is 5.60. The molecule has 1 amide bonds. The number of hydrogen-bond donors (Lipinski definition) is 1. The summed E-state index contributed by atoms with van der Waals surface area (Å²) in [6.07, 6.45) is -1.14. The van der Waals surface area contributed by atoms with Gasteiger partial charge in [0.1, 0.15) is 0 Å². The van der Waals surface area contributed by atoms with Gasteiger partial charge in [0.15, 0.2) is 11.9 Å². The minimum Gasteiger partial charge on any atom is -0.487 e. The van der Waals surface area contributed by atoms with Crippen LogP contribution in [0.15, 0.2) is 42.5 Å². The molecule has 2 rings (SSSR count). The first-order valence-corrected chi connectivity index (χ1v) is 8.29. The number of nitro benzene ring substituents is 1. The summed E-state index contributed by atoms with van der Waals surface area (Å²) in [7, 11) is 0. The molecule has 9 heteroatoms. The number of rotatable bonds is 7. The zero-order valence-electron chi connectivity index (χ0n) is 15.2. The van der Waals surface area contributed by atoms with Crippen molar-refractivity contribution in [1.82, 2.24) is 0 Å². The van der Waals surface area contributed by atoms with E-state index in [0.29, 0.717) is 11.3 Å². The molecule has 0 aromatic heterocycles. The van der Waals surface area contributed by atoms with E-state index in [4.69, 9.17) is 14.7 Å². The molecule has 0 aliphatic heterocycles. The SMILES string of the molecule is CCOc1ccc(C(=O)O[C@@H](C)C(=O)Nc2ccc(C#N)cc2)cc1[N+](=O)[O-]. The Labute approximate surface area is 160 Å². The number of esters is 1. The summed E-state index contributed by atoms with van der Waals surface area (Å²) in [5.41, 5.74) is 0.428. The van der Waals surface area contributed by atoms with E-state index in [9.17, 15) is 19.7 Å². The number of ether oxygens (including phenoxy) is 2. The highest BCUT2D eigenvalue weighted by atomic mass is 16.6. The molecular weight excluding hydrogens is 366 g/mol. The molecule has 0 saturated carbocycles. The molecule has 0 bridgehead atoms. The van der Waals surface area contributed by atoms with E-state index in [1.165, 1.54) is 31.2 Å². The van der Waals surface area contributed by atoms with Crippen LogP contribution in [0.5, 0.6) is 5.75 Å². The number of anilines is 1. The maximum absolute atomic E-state index is 12.2. The summed E-state index contributed by atoms with van der Waals surface area (Å²) in [5.74, 6) is -1.43. The van der Waals surface area contributed by atoms with Crippen molar-refractivity contribution in [2.75, 3.05) is 11.9 Å². The van der Waals surface area contributed by atoms with Crippen LogP contribution in [0.4, 0.5) is 11.4 Å². The van der Waals surface area contributed by atoms with Crippen molar-refractivity contribution in [2.45, 2.75) is 20.0 Å². The Morgan fingerprint density at radius 2 is 1.93 bits per heavy atom. The van der Waals surface area contributed by atoms with Crippen molar-refractivity contribution < 1.29 is 24.0 Å². The quantitative estimate of drug-likeness (QED) is 0.441. The lowest BCUT2D eigenvalue weighted by molar-refractivity contribution is -0.385. The molecule has 0 spiro atoms. The van der Waals surface area contributed by atoms with E-state index >= 15 is 0 Å². The number of benzene rings is 2. The van der Waals surface area contributed by atoms with Crippen LogP contribution in [0, 0.1) is 21.4 Å². The number of amides is 1. The van der Waals surface area contributed by atoms with E-state index in [0.717, 1.165) is 6.07 Å². The van der Waals surface area contributed by atoms with Gasteiger partial charge in [-0.2, -0.15) is 5.26 Å². The van der Waals surface area contributed by atoms with Gasteiger partial charge in [-0.15, -0.1) is 0 Å². The van der Waals surface area contributed by atoms with E-state index in [1.54, 1.807) is 19.1 Å². The zero-order valence-corrected chi connectivity index (χ0v) is 15.2. The third-order valence-electron chi connectivity index (χ3n) is 3.63. The molecule has 1 N–H and O–H groups in total.